The largest absolute Gasteiger partial charge is 0.341 e. The number of hydrogen-bond acceptors (Lipinski definition) is 2. The normalized spacial score (nSPS) is 10.4. The fourth-order valence-corrected chi connectivity index (χ4v) is 2.22. The highest BCUT2D eigenvalue weighted by Gasteiger charge is 2.12. The Kier molecular flexibility index (Phi) is 5.06. The molecule has 0 bridgehead atoms. The Bertz CT molecular complexity index is 628. The third-order valence-corrected chi connectivity index (χ3v) is 3.41. The van der Waals surface area contributed by atoms with Gasteiger partial charge in [-0.05, 0) is 28.8 Å². The standard InChI is InChI=1S/C17H19FN2O/c1-20(12-13-5-4-8-16(18)9-13)17(21)10-14-6-2-3-7-15(14)11-19/h2-9H,10-12,19H2,1H3. The molecule has 0 aromatic heterocycles. The van der Waals surface area contributed by atoms with E-state index in [2.05, 4.69) is 0 Å². The number of nitrogens with two attached hydrogens (primary N) is 1. The lowest BCUT2D eigenvalue weighted by Gasteiger charge is -2.18. The first-order chi connectivity index (χ1) is 10.1. The number of benzene rings is 2. The summed E-state index contributed by atoms with van der Waals surface area (Å²) in [5, 5.41) is 0. The van der Waals surface area contributed by atoms with Gasteiger partial charge in [0.1, 0.15) is 5.82 Å². The summed E-state index contributed by atoms with van der Waals surface area (Å²) in [6, 6.07) is 13.9. The molecule has 0 heterocycles. The van der Waals surface area contributed by atoms with Crippen molar-refractivity contribution in [2.75, 3.05) is 7.05 Å². The highest BCUT2D eigenvalue weighted by molar-refractivity contribution is 5.78. The first-order valence-electron chi connectivity index (χ1n) is 6.85. The molecule has 0 fully saturated rings. The van der Waals surface area contributed by atoms with Gasteiger partial charge < -0.3 is 10.6 Å². The van der Waals surface area contributed by atoms with Gasteiger partial charge in [0.15, 0.2) is 0 Å². The van der Waals surface area contributed by atoms with Crippen molar-refractivity contribution >= 4 is 5.91 Å². The Morgan fingerprint density at radius 2 is 1.86 bits per heavy atom. The minimum atomic E-state index is -0.290. The second-order valence-corrected chi connectivity index (χ2v) is 5.03. The van der Waals surface area contributed by atoms with Gasteiger partial charge in [0, 0.05) is 20.1 Å². The van der Waals surface area contributed by atoms with Crippen molar-refractivity contribution in [2.24, 2.45) is 5.73 Å². The van der Waals surface area contributed by atoms with Crippen LogP contribution < -0.4 is 5.73 Å². The second-order valence-electron chi connectivity index (χ2n) is 5.03. The lowest BCUT2D eigenvalue weighted by Crippen LogP contribution is -2.28. The molecule has 0 atom stereocenters. The van der Waals surface area contributed by atoms with Gasteiger partial charge in [0.05, 0.1) is 6.42 Å². The summed E-state index contributed by atoms with van der Waals surface area (Å²) in [5.41, 5.74) is 8.37. The smallest absolute Gasteiger partial charge is 0.227 e. The highest BCUT2D eigenvalue weighted by atomic mass is 19.1. The Balaban J connectivity index is 2.02. The molecule has 0 spiro atoms. The molecule has 2 aromatic rings. The molecule has 4 heteroatoms. The van der Waals surface area contributed by atoms with Crippen molar-refractivity contribution in [3.63, 3.8) is 0 Å². The van der Waals surface area contributed by atoms with Crippen molar-refractivity contribution < 1.29 is 9.18 Å². The number of likely N-dealkylation sites (N-methyl/N-ethyl adjacent to an activating group) is 1. The van der Waals surface area contributed by atoms with E-state index in [1.165, 1.54) is 12.1 Å². The molecule has 0 aliphatic rings. The predicted molar refractivity (Wildman–Crippen MR) is 80.9 cm³/mol. The van der Waals surface area contributed by atoms with E-state index in [-0.39, 0.29) is 11.7 Å². The van der Waals surface area contributed by atoms with Crippen LogP contribution in [0.25, 0.3) is 0 Å². The Morgan fingerprint density at radius 1 is 1.14 bits per heavy atom. The molecule has 0 aliphatic heterocycles. The SMILES string of the molecule is CN(Cc1cccc(F)c1)C(=O)Cc1ccccc1CN. The molecule has 1 amide bonds. The number of carbonyl (C=O) groups is 1. The lowest BCUT2D eigenvalue weighted by atomic mass is 10.0. The van der Waals surface area contributed by atoms with Crippen molar-refractivity contribution in [2.45, 2.75) is 19.5 Å². The second kappa shape index (κ2) is 6.99. The molecule has 0 radical (unpaired) electrons. The summed E-state index contributed by atoms with van der Waals surface area (Å²) in [6.07, 6.45) is 0.305. The van der Waals surface area contributed by atoms with E-state index >= 15 is 0 Å². The lowest BCUT2D eigenvalue weighted by molar-refractivity contribution is -0.129. The molecule has 110 valence electrons. The third kappa shape index (κ3) is 4.13. The molecule has 2 aromatic carbocycles. The number of amides is 1. The Morgan fingerprint density at radius 3 is 2.52 bits per heavy atom. The Labute approximate surface area is 124 Å². The van der Waals surface area contributed by atoms with E-state index in [1.54, 1.807) is 24.1 Å². The van der Waals surface area contributed by atoms with Gasteiger partial charge in [0.2, 0.25) is 5.91 Å². The van der Waals surface area contributed by atoms with E-state index in [9.17, 15) is 9.18 Å². The predicted octanol–water partition coefficient (Wildman–Crippen LogP) is 2.49. The van der Waals surface area contributed by atoms with E-state index in [1.807, 2.05) is 24.3 Å². The molecular formula is C17H19FN2O. The van der Waals surface area contributed by atoms with Gasteiger partial charge in [-0.2, -0.15) is 0 Å². The average molecular weight is 286 g/mol. The van der Waals surface area contributed by atoms with Crippen molar-refractivity contribution in [1.29, 1.82) is 0 Å². The number of carbonyl (C=O) groups excluding carboxylic acids is 1. The molecule has 0 unspecified atom stereocenters. The summed E-state index contributed by atoms with van der Waals surface area (Å²) < 4.78 is 13.1. The van der Waals surface area contributed by atoms with Crippen molar-refractivity contribution in [1.82, 2.24) is 4.90 Å². The van der Waals surface area contributed by atoms with Crippen LogP contribution in [-0.4, -0.2) is 17.9 Å². The number of rotatable bonds is 5. The van der Waals surface area contributed by atoms with Gasteiger partial charge in [-0.3, -0.25) is 4.79 Å². The van der Waals surface area contributed by atoms with Gasteiger partial charge in [-0.1, -0.05) is 36.4 Å². The van der Waals surface area contributed by atoms with Crippen LogP contribution in [0.4, 0.5) is 4.39 Å². The topological polar surface area (TPSA) is 46.3 Å². The third-order valence-electron chi connectivity index (χ3n) is 3.41. The fourth-order valence-electron chi connectivity index (χ4n) is 2.22. The summed E-state index contributed by atoms with van der Waals surface area (Å²) in [6.45, 7) is 0.804. The van der Waals surface area contributed by atoms with Crippen molar-refractivity contribution in [3.05, 3.63) is 71.0 Å². The van der Waals surface area contributed by atoms with Crippen LogP contribution in [0, 0.1) is 5.82 Å². The monoisotopic (exact) mass is 286 g/mol. The van der Waals surface area contributed by atoms with Crippen molar-refractivity contribution in [3.8, 4) is 0 Å². The van der Waals surface area contributed by atoms with Gasteiger partial charge >= 0.3 is 0 Å². The maximum atomic E-state index is 13.1. The van der Waals surface area contributed by atoms with Crippen LogP contribution in [0.3, 0.4) is 0 Å². The first-order valence-corrected chi connectivity index (χ1v) is 6.85. The van der Waals surface area contributed by atoms with E-state index in [0.29, 0.717) is 19.5 Å². The maximum Gasteiger partial charge on any atom is 0.227 e. The zero-order valence-electron chi connectivity index (χ0n) is 12.1. The zero-order valence-corrected chi connectivity index (χ0v) is 12.1. The van der Waals surface area contributed by atoms with Gasteiger partial charge in [0.25, 0.3) is 0 Å². The maximum absolute atomic E-state index is 13.1. The van der Waals surface area contributed by atoms with Gasteiger partial charge in [-0.25, -0.2) is 4.39 Å². The molecular weight excluding hydrogens is 267 g/mol. The number of halogens is 1. The summed E-state index contributed by atoms with van der Waals surface area (Å²) in [5.74, 6) is -0.304. The summed E-state index contributed by atoms with van der Waals surface area (Å²) in [7, 11) is 1.72. The molecule has 3 nitrogen and oxygen atoms in total. The Hall–Kier alpha value is -2.20. The average Bonchev–Trinajstić information content (AvgIpc) is 2.47. The van der Waals surface area contributed by atoms with E-state index in [4.69, 9.17) is 5.73 Å². The number of hydrogen-bond donors (Lipinski definition) is 1. The molecule has 2 N–H and O–H groups in total. The molecule has 0 aliphatic carbocycles. The molecule has 21 heavy (non-hydrogen) atoms. The number of nitrogens with zero attached hydrogens (tertiary/aromatic N) is 1. The van der Waals surface area contributed by atoms with Crippen LogP contribution in [0.5, 0.6) is 0 Å². The minimum absolute atomic E-state index is 0.0137. The molecule has 0 saturated heterocycles. The van der Waals surface area contributed by atoms with Gasteiger partial charge in [-0.15, -0.1) is 0 Å². The van der Waals surface area contributed by atoms with Crippen LogP contribution in [0.15, 0.2) is 48.5 Å². The van der Waals surface area contributed by atoms with Crippen LogP contribution >= 0.6 is 0 Å². The first kappa shape index (κ1) is 15.2. The molecule has 2 rings (SSSR count). The summed E-state index contributed by atoms with van der Waals surface area (Å²) in [4.78, 5) is 13.9. The van der Waals surface area contributed by atoms with E-state index in [0.717, 1.165) is 16.7 Å². The zero-order chi connectivity index (χ0) is 15.2. The van der Waals surface area contributed by atoms with Crippen LogP contribution in [0.1, 0.15) is 16.7 Å². The van der Waals surface area contributed by atoms with E-state index < -0.39 is 0 Å². The highest BCUT2D eigenvalue weighted by Crippen LogP contribution is 2.12. The molecule has 0 saturated carbocycles. The summed E-state index contributed by atoms with van der Waals surface area (Å²) >= 11 is 0. The quantitative estimate of drug-likeness (QED) is 0.918. The minimum Gasteiger partial charge on any atom is -0.341 e. The van der Waals surface area contributed by atoms with Crippen LogP contribution in [-0.2, 0) is 24.3 Å². The fraction of sp³-hybridized carbons (Fsp3) is 0.235. The van der Waals surface area contributed by atoms with Crippen LogP contribution in [0.2, 0.25) is 0 Å².